The third kappa shape index (κ3) is 3.86. The molecular weight excluding hydrogens is 303 g/mol. The molecule has 1 amide bonds. The second-order valence-electron chi connectivity index (χ2n) is 4.48. The fourth-order valence-electron chi connectivity index (χ4n) is 2.10. The summed E-state index contributed by atoms with van der Waals surface area (Å²) in [6.07, 6.45) is 1.38. The maximum absolute atomic E-state index is 11.6. The Morgan fingerprint density at radius 1 is 1.45 bits per heavy atom. The van der Waals surface area contributed by atoms with E-state index in [-0.39, 0.29) is 12.1 Å². The van der Waals surface area contributed by atoms with E-state index in [2.05, 4.69) is 15.5 Å². The van der Waals surface area contributed by atoms with Crippen molar-refractivity contribution in [3.05, 3.63) is 16.4 Å². The first-order chi connectivity index (χ1) is 9.60. The highest BCUT2D eigenvalue weighted by Crippen LogP contribution is 2.24. The van der Waals surface area contributed by atoms with Crippen LogP contribution in [0.15, 0.2) is 6.07 Å². The molecule has 0 bridgehead atoms. The molecule has 0 saturated carbocycles. The zero-order valence-corrected chi connectivity index (χ0v) is 12.6. The summed E-state index contributed by atoms with van der Waals surface area (Å²) in [6, 6.07) is 1.87. The molecule has 6 nitrogen and oxygen atoms in total. The number of ether oxygens (including phenoxy) is 1. The van der Waals surface area contributed by atoms with E-state index >= 15 is 0 Å². The Hall–Kier alpha value is -1.27. The van der Waals surface area contributed by atoms with Crippen molar-refractivity contribution in [2.45, 2.75) is 25.8 Å². The van der Waals surface area contributed by atoms with Crippen LogP contribution in [0.4, 0.5) is 10.5 Å². The third-order valence-electron chi connectivity index (χ3n) is 3.10. The first-order valence-electron chi connectivity index (χ1n) is 6.47. The van der Waals surface area contributed by atoms with E-state index in [0.717, 1.165) is 12.8 Å². The lowest BCUT2D eigenvalue weighted by molar-refractivity contribution is 0.0983. The van der Waals surface area contributed by atoms with E-state index < -0.39 is 0 Å². The van der Waals surface area contributed by atoms with E-state index in [9.17, 15) is 4.79 Å². The Balaban J connectivity index is 1.88. The number of nitrogens with zero attached hydrogens (tertiary/aromatic N) is 3. The van der Waals surface area contributed by atoms with E-state index in [1.165, 1.54) is 0 Å². The lowest BCUT2D eigenvalue weighted by Gasteiger charge is -2.32. The van der Waals surface area contributed by atoms with E-state index in [1.807, 2.05) is 0 Å². The molecule has 0 unspecified atom stereocenters. The fraction of sp³-hybridized carbons (Fsp3) is 0.583. The number of aromatic nitrogens is 2. The van der Waals surface area contributed by atoms with Gasteiger partial charge in [0.2, 0.25) is 0 Å². The number of halogens is 2. The third-order valence-corrected chi connectivity index (χ3v) is 3.56. The summed E-state index contributed by atoms with van der Waals surface area (Å²) in [5, 5.41) is 11.3. The largest absolute Gasteiger partial charge is 0.450 e. The normalized spacial score (nSPS) is 16.1. The molecule has 1 N–H and O–H groups in total. The highest BCUT2D eigenvalue weighted by Gasteiger charge is 2.24. The predicted molar refractivity (Wildman–Crippen MR) is 77.3 cm³/mol. The van der Waals surface area contributed by atoms with Gasteiger partial charge in [0.1, 0.15) is 0 Å². The molecule has 0 aliphatic carbocycles. The molecule has 2 heterocycles. The van der Waals surface area contributed by atoms with Crippen LogP contribution in [-0.4, -0.2) is 46.9 Å². The SMILES string of the molecule is CCOC(=O)N1CCC(Nc2cc(Cl)nnc2Cl)CC1. The molecule has 0 radical (unpaired) electrons. The quantitative estimate of drug-likeness (QED) is 0.928. The molecule has 0 spiro atoms. The summed E-state index contributed by atoms with van der Waals surface area (Å²) in [5.74, 6) is 0. The predicted octanol–water partition coefficient (Wildman–Crippen LogP) is 2.82. The molecule has 1 saturated heterocycles. The minimum Gasteiger partial charge on any atom is -0.450 e. The van der Waals surface area contributed by atoms with Crippen LogP contribution in [0.25, 0.3) is 0 Å². The number of hydrogen-bond acceptors (Lipinski definition) is 5. The van der Waals surface area contributed by atoms with Gasteiger partial charge in [0.05, 0.1) is 12.3 Å². The average Bonchev–Trinajstić information content (AvgIpc) is 2.44. The monoisotopic (exact) mass is 318 g/mol. The van der Waals surface area contributed by atoms with Gasteiger partial charge in [-0.1, -0.05) is 23.2 Å². The molecule has 110 valence electrons. The van der Waals surface area contributed by atoms with Crippen LogP contribution in [-0.2, 0) is 4.74 Å². The maximum atomic E-state index is 11.6. The van der Waals surface area contributed by atoms with Crippen molar-refractivity contribution < 1.29 is 9.53 Å². The number of piperidine rings is 1. The highest BCUT2D eigenvalue weighted by atomic mass is 35.5. The number of nitrogens with one attached hydrogen (secondary N) is 1. The maximum Gasteiger partial charge on any atom is 0.409 e. The zero-order chi connectivity index (χ0) is 14.5. The van der Waals surface area contributed by atoms with Gasteiger partial charge in [0, 0.05) is 25.2 Å². The summed E-state index contributed by atoms with van der Waals surface area (Å²) in [4.78, 5) is 13.3. The average molecular weight is 319 g/mol. The first-order valence-corrected chi connectivity index (χ1v) is 7.22. The number of carbonyl (C=O) groups is 1. The van der Waals surface area contributed by atoms with Crippen molar-refractivity contribution in [3.63, 3.8) is 0 Å². The van der Waals surface area contributed by atoms with Gasteiger partial charge in [-0.2, -0.15) is 0 Å². The van der Waals surface area contributed by atoms with E-state index in [4.69, 9.17) is 27.9 Å². The van der Waals surface area contributed by atoms with Crippen LogP contribution < -0.4 is 5.32 Å². The van der Waals surface area contributed by atoms with Crippen LogP contribution in [0.5, 0.6) is 0 Å². The van der Waals surface area contributed by atoms with E-state index in [1.54, 1.807) is 17.9 Å². The standard InChI is InChI=1S/C12H16Cl2N4O2/c1-2-20-12(19)18-5-3-8(4-6-18)15-9-7-10(13)16-17-11(9)14/h7-8H,2-6H2,1H3,(H,15,16). The fourth-order valence-corrected chi connectivity index (χ4v) is 2.39. The van der Waals surface area contributed by atoms with Gasteiger partial charge >= 0.3 is 6.09 Å². The Morgan fingerprint density at radius 2 is 2.15 bits per heavy atom. The molecule has 0 aromatic carbocycles. The van der Waals surface area contributed by atoms with Gasteiger partial charge < -0.3 is 15.0 Å². The second kappa shape index (κ2) is 6.95. The van der Waals surface area contributed by atoms with Crippen molar-refractivity contribution in [3.8, 4) is 0 Å². The zero-order valence-electron chi connectivity index (χ0n) is 11.1. The number of anilines is 1. The Morgan fingerprint density at radius 3 is 2.80 bits per heavy atom. The number of amides is 1. The van der Waals surface area contributed by atoms with Crippen molar-refractivity contribution in [2.24, 2.45) is 0 Å². The lowest BCUT2D eigenvalue weighted by atomic mass is 10.1. The number of carbonyl (C=O) groups excluding carboxylic acids is 1. The van der Waals surface area contributed by atoms with Gasteiger partial charge in [-0.25, -0.2) is 4.79 Å². The topological polar surface area (TPSA) is 67.3 Å². The summed E-state index contributed by atoms with van der Waals surface area (Å²) < 4.78 is 4.98. The van der Waals surface area contributed by atoms with Gasteiger partial charge in [-0.3, -0.25) is 0 Å². The van der Waals surface area contributed by atoms with Gasteiger partial charge in [0.15, 0.2) is 10.3 Å². The van der Waals surface area contributed by atoms with Crippen LogP contribution in [0.3, 0.4) is 0 Å². The molecule has 0 atom stereocenters. The van der Waals surface area contributed by atoms with Crippen LogP contribution in [0, 0.1) is 0 Å². The van der Waals surface area contributed by atoms with Crippen molar-refractivity contribution >= 4 is 35.0 Å². The molecule has 1 aromatic rings. The Bertz CT molecular complexity index is 479. The van der Waals surface area contributed by atoms with Crippen LogP contribution in [0.1, 0.15) is 19.8 Å². The van der Waals surface area contributed by atoms with Crippen LogP contribution >= 0.6 is 23.2 Å². The smallest absolute Gasteiger partial charge is 0.409 e. The van der Waals surface area contributed by atoms with Crippen molar-refractivity contribution in [2.75, 3.05) is 25.0 Å². The second-order valence-corrected chi connectivity index (χ2v) is 5.22. The molecule has 1 aliphatic rings. The molecular formula is C12H16Cl2N4O2. The first kappa shape index (κ1) is 15.1. The molecule has 20 heavy (non-hydrogen) atoms. The van der Waals surface area contributed by atoms with Gasteiger partial charge in [0.25, 0.3) is 0 Å². The molecule has 2 rings (SSSR count). The minimum absolute atomic E-state index is 0.221. The Labute approximate surface area is 127 Å². The van der Waals surface area contributed by atoms with Gasteiger partial charge in [-0.15, -0.1) is 10.2 Å². The molecule has 1 aliphatic heterocycles. The summed E-state index contributed by atoms with van der Waals surface area (Å²) in [6.45, 7) is 3.50. The molecule has 8 heteroatoms. The van der Waals surface area contributed by atoms with Gasteiger partial charge in [-0.05, 0) is 19.8 Å². The summed E-state index contributed by atoms with van der Waals surface area (Å²) in [7, 11) is 0. The summed E-state index contributed by atoms with van der Waals surface area (Å²) in [5.41, 5.74) is 0.668. The number of rotatable bonds is 3. The van der Waals surface area contributed by atoms with E-state index in [0.29, 0.717) is 35.7 Å². The van der Waals surface area contributed by atoms with Crippen molar-refractivity contribution in [1.82, 2.24) is 15.1 Å². The number of likely N-dealkylation sites (tertiary alicyclic amines) is 1. The lowest BCUT2D eigenvalue weighted by Crippen LogP contribution is -2.42. The van der Waals surface area contributed by atoms with Crippen LogP contribution in [0.2, 0.25) is 10.3 Å². The molecule has 1 aromatic heterocycles. The Kier molecular flexibility index (Phi) is 5.25. The molecule has 1 fully saturated rings. The highest BCUT2D eigenvalue weighted by molar-refractivity contribution is 6.33. The number of hydrogen-bond donors (Lipinski definition) is 1. The minimum atomic E-state index is -0.252. The van der Waals surface area contributed by atoms with Crippen molar-refractivity contribution in [1.29, 1.82) is 0 Å². The summed E-state index contributed by atoms with van der Waals surface area (Å²) >= 11 is 11.7.